The molecule has 3 rings (SSSR count). The molecule has 148 valence electrons. The molecule has 5 nitrogen and oxygen atoms in total. The Balaban J connectivity index is 1.65. The predicted octanol–water partition coefficient (Wildman–Crippen LogP) is 4.61. The van der Waals surface area contributed by atoms with Gasteiger partial charge in [0.15, 0.2) is 0 Å². The molecule has 1 amide bonds. The lowest BCUT2D eigenvalue weighted by Crippen LogP contribution is -2.33. The minimum atomic E-state index is -0.483. The molecule has 0 spiro atoms. The van der Waals surface area contributed by atoms with Crippen LogP contribution in [0.3, 0.4) is 0 Å². The molecule has 1 N–H and O–H groups in total. The van der Waals surface area contributed by atoms with Gasteiger partial charge in [-0.3, -0.25) is 9.69 Å². The molecular weight excluding hydrogens is 376 g/mol. The first-order valence-electron chi connectivity index (χ1n) is 9.47. The van der Waals surface area contributed by atoms with Gasteiger partial charge in [0.2, 0.25) is 0 Å². The number of ether oxygens (including phenoxy) is 1. The molecule has 0 aliphatic carbocycles. The number of likely N-dealkylation sites (tertiary alicyclic amines) is 1. The maximum absolute atomic E-state index is 12.6. The summed E-state index contributed by atoms with van der Waals surface area (Å²) in [5.74, 6) is -0.0186. The molecule has 0 saturated carbocycles. The fourth-order valence-electron chi connectivity index (χ4n) is 3.51. The molecule has 2 aromatic rings. The lowest BCUT2D eigenvalue weighted by atomic mass is 9.99. The minimum Gasteiger partial charge on any atom is -0.465 e. The van der Waals surface area contributed by atoms with E-state index in [2.05, 4.69) is 17.1 Å². The largest absolute Gasteiger partial charge is 0.465 e. The second-order valence-corrected chi connectivity index (χ2v) is 7.73. The maximum Gasteiger partial charge on any atom is 0.337 e. The van der Waals surface area contributed by atoms with Gasteiger partial charge in [-0.25, -0.2) is 4.79 Å². The number of nitrogens with zero attached hydrogens (tertiary/aromatic N) is 1. The molecule has 28 heavy (non-hydrogen) atoms. The Labute approximate surface area is 170 Å². The van der Waals surface area contributed by atoms with Crippen LogP contribution < -0.4 is 5.32 Å². The second-order valence-electron chi connectivity index (χ2n) is 7.32. The number of carbonyl (C=O) groups excluding carboxylic acids is 2. The van der Waals surface area contributed by atoms with Crippen molar-refractivity contribution in [1.29, 1.82) is 0 Å². The highest BCUT2D eigenvalue weighted by Gasteiger charge is 2.17. The van der Waals surface area contributed by atoms with Gasteiger partial charge in [-0.05, 0) is 61.2 Å². The number of rotatable bonds is 5. The van der Waals surface area contributed by atoms with Crippen LogP contribution in [0.25, 0.3) is 0 Å². The van der Waals surface area contributed by atoms with Gasteiger partial charge in [0.1, 0.15) is 0 Å². The SMILES string of the molecule is COC(=O)c1ccc(Cl)c(NC(=O)c2ccc(CN3CCC[C@H](C)C3)cc2)c1. The Hall–Kier alpha value is -2.37. The zero-order valence-corrected chi connectivity index (χ0v) is 17.0. The average molecular weight is 401 g/mol. The van der Waals surface area contributed by atoms with E-state index in [4.69, 9.17) is 16.3 Å². The van der Waals surface area contributed by atoms with Crippen molar-refractivity contribution >= 4 is 29.2 Å². The highest BCUT2D eigenvalue weighted by molar-refractivity contribution is 6.34. The Morgan fingerprint density at radius 1 is 1.18 bits per heavy atom. The van der Waals surface area contributed by atoms with E-state index in [-0.39, 0.29) is 5.91 Å². The fourth-order valence-corrected chi connectivity index (χ4v) is 3.68. The summed E-state index contributed by atoms with van der Waals surface area (Å²) in [4.78, 5) is 26.7. The van der Waals surface area contributed by atoms with Crippen molar-refractivity contribution in [3.05, 3.63) is 64.2 Å². The van der Waals surface area contributed by atoms with Gasteiger partial charge in [0, 0.05) is 18.7 Å². The Morgan fingerprint density at radius 2 is 1.89 bits per heavy atom. The van der Waals surface area contributed by atoms with Crippen LogP contribution in [0.4, 0.5) is 5.69 Å². The first kappa shape index (κ1) is 20.4. The number of hydrogen-bond acceptors (Lipinski definition) is 4. The normalized spacial score (nSPS) is 17.2. The topological polar surface area (TPSA) is 58.6 Å². The van der Waals surface area contributed by atoms with E-state index in [0.717, 1.165) is 25.6 Å². The molecule has 1 heterocycles. The quantitative estimate of drug-likeness (QED) is 0.744. The van der Waals surface area contributed by atoms with Crippen molar-refractivity contribution < 1.29 is 14.3 Å². The molecule has 0 bridgehead atoms. The van der Waals surface area contributed by atoms with Crippen LogP contribution in [-0.4, -0.2) is 37.0 Å². The Morgan fingerprint density at radius 3 is 2.57 bits per heavy atom. The van der Waals surface area contributed by atoms with Gasteiger partial charge >= 0.3 is 5.97 Å². The van der Waals surface area contributed by atoms with E-state index < -0.39 is 5.97 Å². The van der Waals surface area contributed by atoms with Crippen LogP contribution in [0.15, 0.2) is 42.5 Å². The van der Waals surface area contributed by atoms with Gasteiger partial charge in [-0.1, -0.05) is 30.7 Å². The lowest BCUT2D eigenvalue weighted by Gasteiger charge is -2.30. The molecule has 0 radical (unpaired) electrons. The first-order chi connectivity index (χ1) is 13.5. The maximum atomic E-state index is 12.6. The summed E-state index contributed by atoms with van der Waals surface area (Å²) in [6, 6.07) is 12.2. The molecule has 1 fully saturated rings. The summed E-state index contributed by atoms with van der Waals surface area (Å²) in [5, 5.41) is 3.12. The van der Waals surface area contributed by atoms with E-state index in [9.17, 15) is 9.59 Å². The Kier molecular flexibility index (Phi) is 6.70. The number of benzene rings is 2. The van der Waals surface area contributed by atoms with Crippen LogP contribution in [0.2, 0.25) is 5.02 Å². The standard InChI is InChI=1S/C22H25ClN2O3/c1-15-4-3-11-25(13-15)14-16-5-7-17(8-6-16)21(26)24-20-12-18(22(27)28-2)9-10-19(20)23/h5-10,12,15H,3-4,11,13-14H2,1-2H3,(H,24,26)/t15-/m0/s1. The van der Waals surface area contributed by atoms with Crippen LogP contribution in [0, 0.1) is 5.92 Å². The fraction of sp³-hybridized carbons (Fsp3) is 0.364. The van der Waals surface area contributed by atoms with Crippen molar-refractivity contribution in [1.82, 2.24) is 4.90 Å². The third-order valence-electron chi connectivity index (χ3n) is 5.00. The third kappa shape index (κ3) is 5.12. The second kappa shape index (κ2) is 9.22. The molecule has 1 saturated heterocycles. The number of carbonyl (C=O) groups is 2. The van der Waals surface area contributed by atoms with Gasteiger partial charge in [0.05, 0.1) is 23.4 Å². The number of hydrogen-bond donors (Lipinski definition) is 1. The van der Waals surface area contributed by atoms with Gasteiger partial charge < -0.3 is 10.1 Å². The first-order valence-corrected chi connectivity index (χ1v) is 9.84. The van der Waals surface area contributed by atoms with Gasteiger partial charge in [-0.15, -0.1) is 0 Å². The smallest absolute Gasteiger partial charge is 0.337 e. The van der Waals surface area contributed by atoms with Crippen molar-refractivity contribution in [2.45, 2.75) is 26.3 Å². The number of methoxy groups -OCH3 is 1. The molecule has 0 unspecified atom stereocenters. The van der Waals surface area contributed by atoms with E-state index in [1.807, 2.05) is 24.3 Å². The number of halogens is 1. The summed E-state index contributed by atoms with van der Waals surface area (Å²) in [5.41, 5.74) is 2.43. The minimum absolute atomic E-state index is 0.276. The molecule has 1 aliphatic rings. The van der Waals surface area contributed by atoms with E-state index in [1.165, 1.54) is 31.6 Å². The van der Waals surface area contributed by atoms with Gasteiger partial charge in [0.25, 0.3) is 5.91 Å². The molecule has 1 aliphatic heterocycles. The zero-order chi connectivity index (χ0) is 20.1. The molecule has 1 atom stereocenters. The van der Waals surface area contributed by atoms with Crippen molar-refractivity contribution in [2.75, 3.05) is 25.5 Å². The molecular formula is C22H25ClN2O3. The number of amides is 1. The van der Waals surface area contributed by atoms with E-state index >= 15 is 0 Å². The number of anilines is 1. The summed E-state index contributed by atoms with van der Waals surface area (Å²) in [6.07, 6.45) is 2.54. The van der Waals surface area contributed by atoms with Gasteiger partial charge in [-0.2, -0.15) is 0 Å². The molecule has 2 aromatic carbocycles. The highest BCUT2D eigenvalue weighted by atomic mass is 35.5. The third-order valence-corrected chi connectivity index (χ3v) is 5.33. The summed E-state index contributed by atoms with van der Waals surface area (Å²) < 4.78 is 4.70. The highest BCUT2D eigenvalue weighted by Crippen LogP contribution is 2.24. The number of piperidine rings is 1. The Bertz CT molecular complexity index is 851. The van der Waals surface area contributed by atoms with Crippen LogP contribution in [0.1, 0.15) is 46.0 Å². The monoisotopic (exact) mass is 400 g/mol. The van der Waals surface area contributed by atoms with E-state index in [0.29, 0.717) is 21.8 Å². The summed E-state index contributed by atoms with van der Waals surface area (Å²) in [7, 11) is 1.31. The average Bonchev–Trinajstić information content (AvgIpc) is 2.69. The molecule has 6 heteroatoms. The lowest BCUT2D eigenvalue weighted by molar-refractivity contribution is 0.0600. The molecule has 0 aromatic heterocycles. The van der Waals surface area contributed by atoms with E-state index in [1.54, 1.807) is 12.1 Å². The summed E-state index contributed by atoms with van der Waals surface area (Å²) in [6.45, 7) is 5.44. The van der Waals surface area contributed by atoms with Crippen molar-refractivity contribution in [2.24, 2.45) is 5.92 Å². The van der Waals surface area contributed by atoms with Crippen molar-refractivity contribution in [3.8, 4) is 0 Å². The van der Waals surface area contributed by atoms with Crippen LogP contribution >= 0.6 is 11.6 Å². The number of esters is 1. The number of nitrogens with one attached hydrogen (secondary N) is 1. The van der Waals surface area contributed by atoms with Crippen LogP contribution in [0.5, 0.6) is 0 Å². The van der Waals surface area contributed by atoms with Crippen molar-refractivity contribution in [3.63, 3.8) is 0 Å². The zero-order valence-electron chi connectivity index (χ0n) is 16.2. The predicted molar refractivity (Wildman–Crippen MR) is 111 cm³/mol. The summed E-state index contributed by atoms with van der Waals surface area (Å²) >= 11 is 6.15. The van der Waals surface area contributed by atoms with Crippen LogP contribution in [-0.2, 0) is 11.3 Å².